The van der Waals surface area contributed by atoms with Crippen LogP contribution >= 0.6 is 0 Å². The van der Waals surface area contributed by atoms with Gasteiger partial charge in [0.1, 0.15) is 0 Å². The van der Waals surface area contributed by atoms with E-state index in [-0.39, 0.29) is 17.6 Å². The summed E-state index contributed by atoms with van der Waals surface area (Å²) in [7, 11) is 1.82. The standard InChI is InChI=1S/C21H30N6O2/c1-25-13-10-22-20(25)19(28)17-8-5-11-26(14-17)21(29)18-15-27(24-23-18)12-9-16-6-3-2-4-7-16/h10,13,15-17H,2-9,11-12,14H2,1H3/t17-/m1/s1. The maximum absolute atomic E-state index is 12.9. The predicted molar refractivity (Wildman–Crippen MR) is 107 cm³/mol. The van der Waals surface area contributed by atoms with Crippen molar-refractivity contribution in [1.29, 1.82) is 0 Å². The largest absolute Gasteiger partial charge is 0.336 e. The number of aromatic nitrogens is 5. The number of ketones is 1. The monoisotopic (exact) mass is 398 g/mol. The van der Waals surface area contributed by atoms with Crippen molar-refractivity contribution in [2.75, 3.05) is 13.1 Å². The molecule has 3 heterocycles. The fourth-order valence-corrected chi connectivity index (χ4v) is 4.62. The highest BCUT2D eigenvalue weighted by atomic mass is 16.2. The molecule has 0 radical (unpaired) electrons. The number of carbonyl (C=O) groups is 2. The first kappa shape index (κ1) is 19.8. The number of Topliss-reactive ketones (excluding diaryl/α,β-unsaturated/α-hetero) is 1. The minimum atomic E-state index is -0.213. The number of imidazole rings is 1. The van der Waals surface area contributed by atoms with E-state index in [1.807, 2.05) is 7.05 Å². The maximum Gasteiger partial charge on any atom is 0.276 e. The van der Waals surface area contributed by atoms with Gasteiger partial charge in [0.25, 0.3) is 5.91 Å². The van der Waals surface area contributed by atoms with Crippen molar-refractivity contribution >= 4 is 11.7 Å². The smallest absolute Gasteiger partial charge is 0.276 e. The molecule has 0 unspecified atom stereocenters. The first-order valence-corrected chi connectivity index (χ1v) is 10.8. The van der Waals surface area contributed by atoms with Crippen molar-refractivity contribution in [1.82, 2.24) is 29.4 Å². The molecule has 2 fully saturated rings. The van der Waals surface area contributed by atoms with Crippen molar-refractivity contribution in [3.8, 4) is 0 Å². The fraction of sp³-hybridized carbons (Fsp3) is 0.667. The number of piperidine rings is 1. The summed E-state index contributed by atoms with van der Waals surface area (Å²) in [4.78, 5) is 31.6. The molecule has 0 bridgehead atoms. The van der Waals surface area contributed by atoms with E-state index in [1.165, 1.54) is 32.1 Å². The lowest BCUT2D eigenvalue weighted by atomic mass is 9.87. The normalized spacial score (nSPS) is 20.7. The molecule has 1 aliphatic carbocycles. The highest BCUT2D eigenvalue weighted by molar-refractivity contribution is 5.96. The molecule has 0 spiro atoms. The molecule has 1 atom stereocenters. The summed E-state index contributed by atoms with van der Waals surface area (Å²) in [6.45, 7) is 1.88. The summed E-state index contributed by atoms with van der Waals surface area (Å²) in [5, 5.41) is 8.27. The minimum absolute atomic E-state index is 0.00568. The Hall–Kier alpha value is -2.51. The zero-order valence-corrected chi connectivity index (χ0v) is 17.2. The third-order valence-corrected chi connectivity index (χ3v) is 6.37. The van der Waals surface area contributed by atoms with E-state index in [0.29, 0.717) is 24.6 Å². The van der Waals surface area contributed by atoms with E-state index in [2.05, 4.69) is 15.3 Å². The van der Waals surface area contributed by atoms with Gasteiger partial charge in [-0.3, -0.25) is 14.3 Å². The summed E-state index contributed by atoms with van der Waals surface area (Å²) in [6, 6.07) is 0. The Balaban J connectivity index is 1.34. The molecule has 0 aromatic carbocycles. The van der Waals surface area contributed by atoms with E-state index in [1.54, 1.807) is 32.7 Å². The molecule has 2 aromatic heterocycles. The second kappa shape index (κ2) is 8.88. The summed E-state index contributed by atoms with van der Waals surface area (Å²) < 4.78 is 3.53. The van der Waals surface area contributed by atoms with Crippen LogP contribution in [0.1, 0.15) is 72.5 Å². The van der Waals surface area contributed by atoms with Gasteiger partial charge in [-0.25, -0.2) is 4.98 Å². The molecule has 8 nitrogen and oxygen atoms in total. The van der Waals surface area contributed by atoms with Crippen molar-refractivity contribution in [2.45, 2.75) is 57.9 Å². The number of rotatable bonds is 6. The SMILES string of the molecule is Cn1ccnc1C(=O)[C@@H]1CCCN(C(=O)c2cn(CCC3CCCCC3)nn2)C1. The third kappa shape index (κ3) is 4.57. The lowest BCUT2D eigenvalue weighted by Gasteiger charge is -2.31. The van der Waals surface area contributed by atoms with Gasteiger partial charge in [-0.05, 0) is 25.2 Å². The van der Waals surface area contributed by atoms with Crippen molar-refractivity contribution < 1.29 is 9.59 Å². The Morgan fingerprint density at radius 1 is 1.14 bits per heavy atom. The molecule has 4 rings (SSSR count). The van der Waals surface area contributed by atoms with E-state index in [0.717, 1.165) is 31.7 Å². The molecule has 0 N–H and O–H groups in total. The number of aryl methyl sites for hydroxylation is 2. The van der Waals surface area contributed by atoms with Crippen LogP contribution in [0.15, 0.2) is 18.6 Å². The summed E-state index contributed by atoms with van der Waals surface area (Å²) in [5.41, 5.74) is 0.374. The molecule has 2 aliphatic rings. The van der Waals surface area contributed by atoms with Crippen molar-refractivity contribution in [2.24, 2.45) is 18.9 Å². The maximum atomic E-state index is 12.9. The summed E-state index contributed by atoms with van der Waals surface area (Å²) in [6.07, 6.45) is 14.5. The van der Waals surface area contributed by atoms with E-state index >= 15 is 0 Å². The van der Waals surface area contributed by atoms with Gasteiger partial charge in [0, 0.05) is 45.0 Å². The second-order valence-electron chi connectivity index (χ2n) is 8.48. The Morgan fingerprint density at radius 3 is 2.72 bits per heavy atom. The number of amides is 1. The van der Waals surface area contributed by atoms with Crippen LogP contribution in [0.25, 0.3) is 0 Å². The van der Waals surface area contributed by atoms with Crippen LogP contribution in [0.3, 0.4) is 0 Å². The number of likely N-dealkylation sites (tertiary alicyclic amines) is 1. The number of hydrogen-bond acceptors (Lipinski definition) is 5. The quantitative estimate of drug-likeness (QED) is 0.699. The average Bonchev–Trinajstić information content (AvgIpc) is 3.41. The van der Waals surface area contributed by atoms with E-state index in [9.17, 15) is 9.59 Å². The molecule has 29 heavy (non-hydrogen) atoms. The van der Waals surface area contributed by atoms with Gasteiger partial charge < -0.3 is 9.47 Å². The number of carbonyl (C=O) groups excluding carboxylic acids is 2. The molecular formula is C21H30N6O2. The number of nitrogens with zero attached hydrogens (tertiary/aromatic N) is 6. The fourth-order valence-electron chi connectivity index (χ4n) is 4.62. The summed E-state index contributed by atoms with van der Waals surface area (Å²) >= 11 is 0. The Labute approximate surface area is 171 Å². The van der Waals surface area contributed by atoms with Crippen LogP contribution < -0.4 is 0 Å². The van der Waals surface area contributed by atoms with Crippen LogP contribution in [0, 0.1) is 11.8 Å². The Kier molecular flexibility index (Phi) is 6.06. The van der Waals surface area contributed by atoms with E-state index in [4.69, 9.17) is 0 Å². The van der Waals surface area contributed by atoms with Gasteiger partial charge in [0.2, 0.25) is 5.78 Å². The van der Waals surface area contributed by atoms with Gasteiger partial charge in [-0.2, -0.15) is 0 Å². The first-order valence-electron chi connectivity index (χ1n) is 10.8. The molecular weight excluding hydrogens is 368 g/mol. The second-order valence-corrected chi connectivity index (χ2v) is 8.48. The van der Waals surface area contributed by atoms with Gasteiger partial charge in [-0.1, -0.05) is 37.3 Å². The Bertz CT molecular complexity index is 851. The predicted octanol–water partition coefficient (Wildman–Crippen LogP) is 2.72. The molecule has 8 heteroatoms. The van der Waals surface area contributed by atoms with Gasteiger partial charge in [0.05, 0.1) is 6.20 Å². The topological polar surface area (TPSA) is 85.9 Å². The highest BCUT2D eigenvalue weighted by Gasteiger charge is 2.32. The lowest BCUT2D eigenvalue weighted by Crippen LogP contribution is -2.42. The van der Waals surface area contributed by atoms with Gasteiger partial charge in [-0.15, -0.1) is 5.10 Å². The van der Waals surface area contributed by atoms with Gasteiger partial charge in [0.15, 0.2) is 11.5 Å². The molecule has 1 saturated heterocycles. The molecule has 1 aliphatic heterocycles. The van der Waals surface area contributed by atoms with Crippen LogP contribution in [-0.2, 0) is 13.6 Å². The average molecular weight is 399 g/mol. The highest BCUT2D eigenvalue weighted by Crippen LogP contribution is 2.26. The van der Waals surface area contributed by atoms with Crippen LogP contribution in [0.4, 0.5) is 0 Å². The first-order chi connectivity index (χ1) is 14.1. The lowest BCUT2D eigenvalue weighted by molar-refractivity contribution is 0.0628. The molecule has 1 amide bonds. The van der Waals surface area contributed by atoms with Crippen molar-refractivity contribution in [3.63, 3.8) is 0 Å². The van der Waals surface area contributed by atoms with Crippen LogP contribution in [0.2, 0.25) is 0 Å². The van der Waals surface area contributed by atoms with Crippen molar-refractivity contribution in [3.05, 3.63) is 30.1 Å². The minimum Gasteiger partial charge on any atom is -0.336 e. The molecule has 2 aromatic rings. The number of hydrogen-bond donors (Lipinski definition) is 0. The zero-order valence-electron chi connectivity index (χ0n) is 17.2. The molecule has 156 valence electrons. The summed E-state index contributed by atoms with van der Waals surface area (Å²) in [5.74, 6) is 0.887. The Morgan fingerprint density at radius 2 is 1.97 bits per heavy atom. The van der Waals surface area contributed by atoms with E-state index < -0.39 is 0 Å². The third-order valence-electron chi connectivity index (χ3n) is 6.37. The van der Waals surface area contributed by atoms with Crippen LogP contribution in [0.5, 0.6) is 0 Å². The zero-order chi connectivity index (χ0) is 20.2. The van der Waals surface area contributed by atoms with Gasteiger partial charge >= 0.3 is 0 Å². The molecule has 1 saturated carbocycles. The van der Waals surface area contributed by atoms with Crippen LogP contribution in [-0.4, -0.2) is 54.2 Å².